The lowest BCUT2D eigenvalue weighted by Crippen LogP contribution is -2.09. The molecule has 0 saturated carbocycles. The van der Waals surface area contributed by atoms with Crippen LogP contribution in [0.25, 0.3) is 11.1 Å². The van der Waals surface area contributed by atoms with Crippen LogP contribution in [0.1, 0.15) is 11.1 Å². The molecule has 0 aliphatic carbocycles. The highest BCUT2D eigenvalue weighted by atomic mass is 35.5. The lowest BCUT2D eigenvalue weighted by molar-refractivity contribution is 0.411. The molecule has 0 heterocycles. The number of sulfone groups is 1. The number of methoxy groups -OCH3 is 1. The number of aromatic hydroxyl groups is 1. The zero-order valence-corrected chi connectivity index (χ0v) is 17.6. The fraction of sp³-hybridized carbons (Fsp3) is 0.143. The van der Waals surface area contributed by atoms with E-state index >= 15 is 0 Å². The van der Waals surface area contributed by atoms with Crippen LogP contribution in [0, 0.1) is 6.92 Å². The molecule has 3 aromatic rings. The number of benzene rings is 3. The Labute approximate surface area is 174 Å². The van der Waals surface area contributed by atoms with Gasteiger partial charge in [-0.25, -0.2) is 8.42 Å². The van der Waals surface area contributed by atoms with E-state index in [9.17, 15) is 13.5 Å². The summed E-state index contributed by atoms with van der Waals surface area (Å²) in [5, 5.41) is 10.3. The number of ether oxygens (including phenoxy) is 1. The molecule has 7 heteroatoms. The van der Waals surface area contributed by atoms with Crippen molar-refractivity contribution in [2.24, 2.45) is 0 Å². The number of hydrogen-bond acceptors (Lipinski definition) is 4. The third kappa shape index (κ3) is 3.97. The fourth-order valence-electron chi connectivity index (χ4n) is 3.04. The molecule has 0 atom stereocenters. The van der Waals surface area contributed by atoms with Gasteiger partial charge in [-0.15, -0.1) is 0 Å². The van der Waals surface area contributed by atoms with Crippen molar-refractivity contribution in [2.45, 2.75) is 17.6 Å². The monoisotopic (exact) mass is 436 g/mol. The first-order chi connectivity index (χ1) is 13.2. The molecule has 0 fully saturated rings. The Bertz CT molecular complexity index is 1100. The van der Waals surface area contributed by atoms with Crippen LogP contribution in [0.4, 0.5) is 0 Å². The van der Waals surface area contributed by atoms with Gasteiger partial charge in [-0.05, 0) is 41.8 Å². The number of phenolic OH excluding ortho intramolecular Hbond substituents is 1. The van der Waals surface area contributed by atoms with Crippen LogP contribution in [0.3, 0.4) is 0 Å². The Morgan fingerprint density at radius 2 is 1.64 bits per heavy atom. The molecule has 0 spiro atoms. The highest BCUT2D eigenvalue weighted by Gasteiger charge is 2.27. The van der Waals surface area contributed by atoms with Gasteiger partial charge in [0, 0.05) is 10.6 Å². The zero-order valence-electron chi connectivity index (χ0n) is 15.2. The molecule has 0 bridgehead atoms. The van der Waals surface area contributed by atoms with Gasteiger partial charge in [-0.2, -0.15) is 0 Å². The van der Waals surface area contributed by atoms with Crippen LogP contribution in [-0.4, -0.2) is 20.6 Å². The standard InChI is InChI=1S/C21H18Cl2O4S/c1-13-17(22)11-18(23)20(24)21(13)28(25,26)12-16-10-15(8-9-19(16)27-2)14-6-4-3-5-7-14/h3-11,24H,12H2,1-2H3. The van der Waals surface area contributed by atoms with Crippen molar-refractivity contribution in [1.82, 2.24) is 0 Å². The second-order valence-corrected chi connectivity index (χ2v) is 9.04. The van der Waals surface area contributed by atoms with Gasteiger partial charge < -0.3 is 9.84 Å². The second-order valence-electron chi connectivity index (χ2n) is 6.29. The van der Waals surface area contributed by atoms with Crippen molar-refractivity contribution < 1.29 is 18.3 Å². The van der Waals surface area contributed by atoms with Gasteiger partial charge in [0.15, 0.2) is 15.6 Å². The first-order valence-electron chi connectivity index (χ1n) is 8.37. The third-order valence-corrected chi connectivity index (χ3v) is 6.93. The lowest BCUT2D eigenvalue weighted by Gasteiger charge is -2.15. The SMILES string of the molecule is COc1ccc(-c2ccccc2)cc1CS(=O)(=O)c1c(C)c(Cl)cc(Cl)c1O. The smallest absolute Gasteiger partial charge is 0.186 e. The van der Waals surface area contributed by atoms with Crippen molar-refractivity contribution >= 4 is 33.0 Å². The van der Waals surface area contributed by atoms with Crippen LogP contribution in [-0.2, 0) is 15.6 Å². The molecule has 0 radical (unpaired) electrons. The van der Waals surface area contributed by atoms with Gasteiger partial charge >= 0.3 is 0 Å². The number of rotatable bonds is 5. The normalized spacial score (nSPS) is 11.4. The first kappa shape index (κ1) is 20.5. The molecule has 0 amide bonds. The van der Waals surface area contributed by atoms with Crippen LogP contribution >= 0.6 is 23.2 Å². The van der Waals surface area contributed by atoms with E-state index in [0.29, 0.717) is 11.3 Å². The Morgan fingerprint density at radius 1 is 0.964 bits per heavy atom. The van der Waals surface area contributed by atoms with Crippen molar-refractivity contribution in [3.8, 4) is 22.6 Å². The van der Waals surface area contributed by atoms with Crippen LogP contribution in [0.15, 0.2) is 59.5 Å². The summed E-state index contributed by atoms with van der Waals surface area (Å²) in [5.41, 5.74) is 2.53. The van der Waals surface area contributed by atoms with Gasteiger partial charge in [-0.1, -0.05) is 59.6 Å². The molecule has 0 aliphatic rings. The van der Waals surface area contributed by atoms with Gasteiger partial charge in [-0.3, -0.25) is 0 Å². The van der Waals surface area contributed by atoms with Crippen LogP contribution < -0.4 is 4.74 Å². The maximum Gasteiger partial charge on any atom is 0.186 e. The molecule has 0 saturated heterocycles. The maximum absolute atomic E-state index is 13.1. The minimum absolute atomic E-state index is 0.112. The van der Waals surface area contributed by atoms with Crippen molar-refractivity contribution in [3.63, 3.8) is 0 Å². The average molecular weight is 437 g/mol. The largest absolute Gasteiger partial charge is 0.505 e. The highest BCUT2D eigenvalue weighted by molar-refractivity contribution is 7.90. The third-order valence-electron chi connectivity index (χ3n) is 4.44. The summed E-state index contributed by atoms with van der Waals surface area (Å²) in [6, 6.07) is 16.3. The van der Waals surface area contributed by atoms with Crippen LogP contribution in [0.5, 0.6) is 11.5 Å². The predicted molar refractivity (Wildman–Crippen MR) is 112 cm³/mol. The molecule has 3 rings (SSSR count). The molecule has 1 N–H and O–H groups in total. The first-order valence-corrected chi connectivity index (χ1v) is 10.8. The van der Waals surface area contributed by atoms with Crippen molar-refractivity contribution in [1.29, 1.82) is 0 Å². The molecule has 28 heavy (non-hydrogen) atoms. The number of halogens is 2. The molecule has 146 valence electrons. The van der Waals surface area contributed by atoms with Crippen LogP contribution in [0.2, 0.25) is 10.0 Å². The Hall–Kier alpha value is -2.21. The molecule has 0 aliphatic heterocycles. The van der Waals surface area contributed by atoms with Gasteiger partial charge in [0.25, 0.3) is 0 Å². The van der Waals surface area contributed by atoms with E-state index in [1.807, 2.05) is 36.4 Å². The van der Waals surface area contributed by atoms with Gasteiger partial charge in [0.2, 0.25) is 0 Å². The Balaban J connectivity index is 2.11. The van der Waals surface area contributed by atoms with Gasteiger partial charge in [0.05, 0.1) is 17.9 Å². The summed E-state index contributed by atoms with van der Waals surface area (Å²) in [6.07, 6.45) is 0. The van der Waals surface area contributed by atoms with E-state index < -0.39 is 15.6 Å². The topological polar surface area (TPSA) is 63.6 Å². The second kappa shape index (κ2) is 8.03. The van der Waals surface area contributed by atoms with E-state index in [1.54, 1.807) is 12.1 Å². The fourth-order valence-corrected chi connectivity index (χ4v) is 5.38. The van der Waals surface area contributed by atoms with E-state index in [1.165, 1.54) is 20.1 Å². The van der Waals surface area contributed by atoms with E-state index in [2.05, 4.69) is 0 Å². The molecule has 0 aromatic heterocycles. The molecule has 0 unspecified atom stereocenters. The Morgan fingerprint density at radius 3 is 2.29 bits per heavy atom. The summed E-state index contributed by atoms with van der Waals surface area (Å²) in [5.74, 6) is -0.433. The summed E-state index contributed by atoms with van der Waals surface area (Å²) in [7, 11) is -2.47. The molecule has 4 nitrogen and oxygen atoms in total. The number of hydrogen-bond donors (Lipinski definition) is 1. The molecule has 3 aromatic carbocycles. The summed E-state index contributed by atoms with van der Waals surface area (Å²) < 4.78 is 31.6. The quantitative estimate of drug-likeness (QED) is 0.560. The van der Waals surface area contributed by atoms with E-state index in [4.69, 9.17) is 27.9 Å². The van der Waals surface area contributed by atoms with Gasteiger partial charge in [0.1, 0.15) is 10.6 Å². The number of phenols is 1. The van der Waals surface area contributed by atoms with Crippen molar-refractivity contribution in [3.05, 3.63) is 75.8 Å². The summed E-state index contributed by atoms with van der Waals surface area (Å²) >= 11 is 12.0. The zero-order chi connectivity index (χ0) is 20.5. The van der Waals surface area contributed by atoms with E-state index in [-0.39, 0.29) is 26.3 Å². The lowest BCUT2D eigenvalue weighted by atomic mass is 10.0. The molecular weight excluding hydrogens is 419 g/mol. The van der Waals surface area contributed by atoms with Crippen molar-refractivity contribution in [2.75, 3.05) is 7.11 Å². The minimum Gasteiger partial charge on any atom is -0.505 e. The van der Waals surface area contributed by atoms with E-state index in [0.717, 1.165) is 11.1 Å². The average Bonchev–Trinajstić information content (AvgIpc) is 2.67. The minimum atomic E-state index is -3.95. The summed E-state index contributed by atoms with van der Waals surface area (Å²) in [4.78, 5) is -0.267. The Kier molecular flexibility index (Phi) is 5.89. The predicted octanol–water partition coefficient (Wildman–Crippen LogP) is 5.66. The maximum atomic E-state index is 13.1. The highest BCUT2D eigenvalue weighted by Crippen LogP contribution is 2.40. The summed E-state index contributed by atoms with van der Waals surface area (Å²) in [6.45, 7) is 1.53. The molecular formula is C21H18Cl2O4S.